The van der Waals surface area contributed by atoms with Crippen LogP contribution in [0.1, 0.15) is 47.0 Å². The Labute approximate surface area is 130 Å². The van der Waals surface area contributed by atoms with Gasteiger partial charge in [-0.25, -0.2) is 0 Å². The van der Waals surface area contributed by atoms with Crippen LogP contribution in [0, 0.1) is 11.3 Å². The van der Waals surface area contributed by atoms with Gasteiger partial charge in [0.2, 0.25) is 6.29 Å². The third-order valence-corrected chi connectivity index (χ3v) is 4.80. The van der Waals surface area contributed by atoms with Crippen LogP contribution in [-0.2, 0) is 28.6 Å². The van der Waals surface area contributed by atoms with Gasteiger partial charge in [0.15, 0.2) is 5.78 Å². The summed E-state index contributed by atoms with van der Waals surface area (Å²) in [5.41, 5.74) is -1.16. The number of rotatable bonds is 4. The number of hydrogen-bond acceptors (Lipinski definition) is 6. The number of carbonyl (C=O) groups is 3. The van der Waals surface area contributed by atoms with Crippen molar-refractivity contribution in [2.24, 2.45) is 11.3 Å². The van der Waals surface area contributed by atoms with E-state index < -0.39 is 23.8 Å². The lowest BCUT2D eigenvalue weighted by atomic mass is 9.75. The van der Waals surface area contributed by atoms with E-state index >= 15 is 0 Å². The maximum atomic E-state index is 12.8. The molecule has 5 atom stereocenters. The first-order chi connectivity index (χ1) is 10.3. The minimum absolute atomic E-state index is 0.125. The number of hydrogen-bond donors (Lipinski definition) is 0. The van der Waals surface area contributed by atoms with Gasteiger partial charge in [-0.2, -0.15) is 0 Å². The van der Waals surface area contributed by atoms with Crippen molar-refractivity contribution in [2.75, 3.05) is 6.61 Å². The van der Waals surface area contributed by atoms with Crippen molar-refractivity contribution in [1.82, 2.24) is 0 Å². The average Bonchev–Trinajstić information content (AvgIpc) is 2.94. The Morgan fingerprint density at radius 1 is 1.41 bits per heavy atom. The van der Waals surface area contributed by atoms with E-state index in [9.17, 15) is 14.4 Å². The van der Waals surface area contributed by atoms with Gasteiger partial charge in [0.25, 0.3) is 0 Å². The molecule has 0 aromatic carbocycles. The molecule has 0 aliphatic carbocycles. The normalized spacial score (nSPS) is 36.6. The Bertz CT molecular complexity index is 473. The predicted molar refractivity (Wildman–Crippen MR) is 77.0 cm³/mol. The van der Waals surface area contributed by atoms with Gasteiger partial charge in [-0.15, -0.1) is 0 Å². The van der Waals surface area contributed by atoms with Crippen LogP contribution in [0.3, 0.4) is 0 Å². The summed E-state index contributed by atoms with van der Waals surface area (Å²) in [6.45, 7) is 6.81. The molecule has 2 heterocycles. The van der Waals surface area contributed by atoms with Crippen LogP contribution in [0.2, 0.25) is 0 Å². The molecule has 0 spiro atoms. The van der Waals surface area contributed by atoms with Crippen molar-refractivity contribution >= 4 is 17.5 Å². The lowest BCUT2D eigenvalue weighted by Gasteiger charge is -2.40. The molecular formula is C16H24O6. The summed E-state index contributed by atoms with van der Waals surface area (Å²) in [4.78, 5) is 36.3. The van der Waals surface area contributed by atoms with Crippen LogP contribution >= 0.6 is 0 Å². The van der Waals surface area contributed by atoms with Gasteiger partial charge in [-0.05, 0) is 26.7 Å². The molecule has 0 unspecified atom stereocenters. The molecule has 0 aromatic heterocycles. The van der Waals surface area contributed by atoms with Crippen molar-refractivity contribution in [3.8, 4) is 0 Å². The molecule has 2 rings (SSSR count). The van der Waals surface area contributed by atoms with E-state index in [4.69, 9.17) is 14.2 Å². The highest BCUT2D eigenvalue weighted by Gasteiger charge is 2.56. The molecule has 0 amide bonds. The summed E-state index contributed by atoms with van der Waals surface area (Å²) < 4.78 is 16.7. The highest BCUT2D eigenvalue weighted by atomic mass is 16.7. The molecule has 124 valence electrons. The number of fused-ring (bicyclic) bond motifs is 2. The zero-order valence-electron chi connectivity index (χ0n) is 13.6. The first-order valence-electron chi connectivity index (χ1n) is 7.81. The maximum absolute atomic E-state index is 12.8. The van der Waals surface area contributed by atoms with Crippen LogP contribution in [0.25, 0.3) is 0 Å². The zero-order chi connectivity index (χ0) is 16.5. The van der Waals surface area contributed by atoms with Gasteiger partial charge in [0.05, 0.1) is 18.6 Å². The predicted octanol–water partition coefficient (Wildman–Crippen LogP) is 1.64. The molecule has 22 heavy (non-hydrogen) atoms. The minimum atomic E-state index is -1.16. The highest BCUT2D eigenvalue weighted by Crippen LogP contribution is 2.44. The van der Waals surface area contributed by atoms with Crippen molar-refractivity contribution in [3.63, 3.8) is 0 Å². The van der Waals surface area contributed by atoms with Crippen molar-refractivity contribution in [2.45, 2.75) is 65.5 Å². The summed E-state index contributed by atoms with van der Waals surface area (Å²) in [5.74, 6) is -1.21. The SMILES string of the molecule is CCO[C@H](OC(C)=O)[C@@]1(C)C(=O)CC(=O)[C@H](C)[C@H]2CC[C@@H]1O2. The minimum Gasteiger partial charge on any atom is -0.435 e. The maximum Gasteiger partial charge on any atom is 0.304 e. The Hall–Kier alpha value is -1.27. The van der Waals surface area contributed by atoms with E-state index in [1.807, 2.05) is 0 Å². The number of ether oxygens (including phenoxy) is 3. The third kappa shape index (κ3) is 2.94. The second kappa shape index (κ2) is 6.46. The van der Waals surface area contributed by atoms with E-state index in [-0.39, 0.29) is 30.0 Å². The van der Waals surface area contributed by atoms with E-state index in [1.165, 1.54) is 6.92 Å². The fourth-order valence-corrected chi connectivity index (χ4v) is 3.28. The summed E-state index contributed by atoms with van der Waals surface area (Å²) in [6.07, 6.45) is -0.415. The zero-order valence-corrected chi connectivity index (χ0v) is 13.6. The molecular weight excluding hydrogens is 288 g/mol. The Kier molecular flexibility index (Phi) is 5.02. The Morgan fingerprint density at radius 3 is 2.68 bits per heavy atom. The number of carbonyl (C=O) groups excluding carboxylic acids is 3. The Morgan fingerprint density at radius 2 is 2.09 bits per heavy atom. The molecule has 2 fully saturated rings. The molecule has 2 aliphatic rings. The van der Waals surface area contributed by atoms with Crippen molar-refractivity contribution < 1.29 is 28.6 Å². The fourth-order valence-electron chi connectivity index (χ4n) is 3.28. The van der Waals surface area contributed by atoms with E-state index in [0.29, 0.717) is 13.0 Å². The Balaban J connectivity index is 2.37. The fraction of sp³-hybridized carbons (Fsp3) is 0.812. The van der Waals surface area contributed by atoms with Crippen LogP contribution in [0.5, 0.6) is 0 Å². The lowest BCUT2D eigenvalue weighted by molar-refractivity contribution is -0.226. The largest absolute Gasteiger partial charge is 0.435 e. The topological polar surface area (TPSA) is 78.9 Å². The third-order valence-electron chi connectivity index (χ3n) is 4.80. The summed E-state index contributed by atoms with van der Waals surface area (Å²) in [5, 5.41) is 0. The second-order valence-electron chi connectivity index (χ2n) is 6.27. The number of ketones is 2. The molecule has 0 N–H and O–H groups in total. The van der Waals surface area contributed by atoms with Crippen molar-refractivity contribution in [3.05, 3.63) is 0 Å². The van der Waals surface area contributed by atoms with E-state index in [2.05, 4.69) is 0 Å². The molecule has 0 radical (unpaired) electrons. The summed E-state index contributed by atoms with van der Waals surface area (Å²) in [6, 6.07) is 0. The van der Waals surface area contributed by atoms with Gasteiger partial charge in [-0.3, -0.25) is 14.4 Å². The highest BCUT2D eigenvalue weighted by molar-refractivity contribution is 6.03. The van der Waals surface area contributed by atoms with Crippen molar-refractivity contribution in [1.29, 1.82) is 0 Å². The summed E-state index contributed by atoms with van der Waals surface area (Å²) >= 11 is 0. The van der Waals surface area contributed by atoms with Crippen LogP contribution in [0.15, 0.2) is 0 Å². The van der Waals surface area contributed by atoms with Gasteiger partial charge in [-0.1, -0.05) is 6.92 Å². The lowest BCUT2D eigenvalue weighted by Crippen LogP contribution is -2.54. The molecule has 6 nitrogen and oxygen atoms in total. The molecule has 2 bridgehead atoms. The van der Waals surface area contributed by atoms with Crippen LogP contribution < -0.4 is 0 Å². The average molecular weight is 312 g/mol. The van der Waals surface area contributed by atoms with Crippen LogP contribution in [-0.4, -0.2) is 42.6 Å². The second-order valence-corrected chi connectivity index (χ2v) is 6.27. The van der Waals surface area contributed by atoms with E-state index in [1.54, 1.807) is 20.8 Å². The van der Waals surface area contributed by atoms with Gasteiger partial charge < -0.3 is 14.2 Å². The van der Waals surface area contributed by atoms with Gasteiger partial charge >= 0.3 is 5.97 Å². The molecule has 2 saturated heterocycles. The first-order valence-corrected chi connectivity index (χ1v) is 7.81. The van der Waals surface area contributed by atoms with E-state index in [0.717, 1.165) is 6.42 Å². The van der Waals surface area contributed by atoms with Gasteiger partial charge in [0, 0.05) is 19.4 Å². The standard InChI is InChI=1S/C16H24O6/c1-5-20-15(21-10(3)17)16(4)13(19)8-11(18)9(2)12-6-7-14(16)22-12/h9,12,14-15H,5-8H2,1-4H3/t9-,12+,14-,15+,16-/m0/s1. The quantitative estimate of drug-likeness (QED) is 0.446. The number of Topliss-reactive ketones (excluding diaryl/α,β-unsaturated/α-hetero) is 2. The number of esters is 1. The molecule has 0 saturated carbocycles. The molecule has 6 heteroatoms. The first kappa shape index (κ1) is 17.1. The van der Waals surface area contributed by atoms with Gasteiger partial charge in [0.1, 0.15) is 11.2 Å². The van der Waals surface area contributed by atoms with Crippen LogP contribution in [0.4, 0.5) is 0 Å². The smallest absolute Gasteiger partial charge is 0.304 e. The molecule has 0 aromatic rings. The monoisotopic (exact) mass is 312 g/mol. The summed E-state index contributed by atoms with van der Waals surface area (Å²) in [7, 11) is 0. The molecule has 2 aliphatic heterocycles.